The standard InChI is InChI=1S/C14H22F3N3O2/c1-13(2,3)5-10(9-21)20(4)8-12-18-6-11(7-19-12)22-14(15,16)17/h6-7,10,21H,5,8-9H2,1-4H3. The Morgan fingerprint density at radius 3 is 2.18 bits per heavy atom. The lowest BCUT2D eigenvalue weighted by Crippen LogP contribution is -2.37. The number of hydrogen-bond donors (Lipinski definition) is 1. The monoisotopic (exact) mass is 321 g/mol. The first kappa shape index (κ1) is 18.6. The second kappa shape index (κ2) is 7.23. The van der Waals surface area contributed by atoms with Gasteiger partial charge in [-0.3, -0.25) is 4.90 Å². The van der Waals surface area contributed by atoms with E-state index in [0.29, 0.717) is 12.4 Å². The molecule has 0 amide bonds. The van der Waals surface area contributed by atoms with Gasteiger partial charge in [0.25, 0.3) is 0 Å². The molecule has 0 aromatic carbocycles. The van der Waals surface area contributed by atoms with Crippen molar-refractivity contribution in [3.05, 3.63) is 18.2 Å². The van der Waals surface area contributed by atoms with Crippen molar-refractivity contribution in [2.75, 3.05) is 13.7 Å². The van der Waals surface area contributed by atoms with Gasteiger partial charge in [0.05, 0.1) is 25.5 Å². The van der Waals surface area contributed by atoms with E-state index in [-0.39, 0.29) is 18.1 Å². The van der Waals surface area contributed by atoms with Crippen molar-refractivity contribution in [2.45, 2.75) is 46.1 Å². The van der Waals surface area contributed by atoms with Crippen LogP contribution in [-0.2, 0) is 6.54 Å². The number of aliphatic hydroxyl groups is 1. The number of hydrogen-bond acceptors (Lipinski definition) is 5. The summed E-state index contributed by atoms with van der Waals surface area (Å²) in [5.41, 5.74) is 0.0485. The summed E-state index contributed by atoms with van der Waals surface area (Å²) in [6, 6.07) is -0.0744. The van der Waals surface area contributed by atoms with Crippen molar-refractivity contribution < 1.29 is 23.0 Å². The minimum Gasteiger partial charge on any atom is -0.402 e. The first-order valence-corrected chi connectivity index (χ1v) is 6.88. The van der Waals surface area contributed by atoms with Gasteiger partial charge in [-0.2, -0.15) is 0 Å². The lowest BCUT2D eigenvalue weighted by molar-refractivity contribution is -0.274. The quantitative estimate of drug-likeness (QED) is 0.873. The molecule has 0 aliphatic carbocycles. The van der Waals surface area contributed by atoms with Crippen LogP contribution in [0.2, 0.25) is 0 Å². The molecule has 0 aliphatic heterocycles. The summed E-state index contributed by atoms with van der Waals surface area (Å²) < 4.78 is 39.9. The number of alkyl halides is 3. The molecule has 5 nitrogen and oxygen atoms in total. The van der Waals surface area contributed by atoms with E-state index in [1.807, 2.05) is 11.9 Å². The summed E-state index contributed by atoms with van der Waals surface area (Å²) in [6.45, 7) is 6.53. The van der Waals surface area contributed by atoms with Crippen LogP contribution < -0.4 is 4.74 Å². The maximum Gasteiger partial charge on any atom is 0.573 e. The smallest absolute Gasteiger partial charge is 0.402 e. The molecule has 0 bridgehead atoms. The molecule has 1 aromatic heterocycles. The van der Waals surface area contributed by atoms with E-state index in [1.54, 1.807) is 0 Å². The zero-order valence-corrected chi connectivity index (χ0v) is 13.2. The normalized spacial score (nSPS) is 14.2. The highest BCUT2D eigenvalue weighted by atomic mass is 19.4. The van der Waals surface area contributed by atoms with E-state index >= 15 is 0 Å². The molecule has 0 saturated heterocycles. The lowest BCUT2D eigenvalue weighted by atomic mass is 9.88. The summed E-state index contributed by atoms with van der Waals surface area (Å²) in [4.78, 5) is 9.59. The molecule has 1 rings (SSSR count). The highest BCUT2D eigenvalue weighted by Gasteiger charge is 2.31. The van der Waals surface area contributed by atoms with E-state index in [9.17, 15) is 18.3 Å². The van der Waals surface area contributed by atoms with Gasteiger partial charge >= 0.3 is 6.36 Å². The summed E-state index contributed by atoms with van der Waals surface area (Å²) in [5.74, 6) is -0.0864. The number of ether oxygens (including phenoxy) is 1. The predicted molar refractivity (Wildman–Crippen MR) is 75.1 cm³/mol. The van der Waals surface area contributed by atoms with Crippen molar-refractivity contribution in [1.29, 1.82) is 0 Å². The molecule has 0 spiro atoms. The molecular weight excluding hydrogens is 299 g/mol. The Labute approximate surface area is 128 Å². The van der Waals surface area contributed by atoms with Crippen LogP contribution in [0.4, 0.5) is 13.2 Å². The Kier molecular flexibility index (Phi) is 6.13. The number of halogens is 3. The second-order valence-corrected chi connectivity index (χ2v) is 6.40. The van der Waals surface area contributed by atoms with Crippen LogP contribution in [0.15, 0.2) is 12.4 Å². The van der Waals surface area contributed by atoms with Crippen LogP contribution in [0.1, 0.15) is 33.0 Å². The summed E-state index contributed by atoms with van der Waals surface area (Å²) in [5, 5.41) is 9.48. The van der Waals surface area contributed by atoms with Crippen molar-refractivity contribution in [3.8, 4) is 5.75 Å². The Balaban J connectivity index is 2.65. The molecule has 0 radical (unpaired) electrons. The van der Waals surface area contributed by atoms with Gasteiger partial charge < -0.3 is 9.84 Å². The van der Waals surface area contributed by atoms with Gasteiger partial charge in [-0.25, -0.2) is 9.97 Å². The second-order valence-electron chi connectivity index (χ2n) is 6.40. The summed E-state index contributed by atoms with van der Waals surface area (Å²) in [6.07, 6.45) is -2.01. The number of aliphatic hydroxyl groups excluding tert-OH is 1. The summed E-state index contributed by atoms with van der Waals surface area (Å²) in [7, 11) is 1.82. The fraction of sp³-hybridized carbons (Fsp3) is 0.714. The number of aromatic nitrogens is 2. The van der Waals surface area contributed by atoms with Gasteiger partial charge in [0.1, 0.15) is 5.82 Å². The van der Waals surface area contributed by atoms with Gasteiger partial charge in [-0.1, -0.05) is 20.8 Å². The van der Waals surface area contributed by atoms with Gasteiger partial charge in [0.15, 0.2) is 5.75 Å². The van der Waals surface area contributed by atoms with Crippen LogP contribution in [-0.4, -0.2) is 46.0 Å². The van der Waals surface area contributed by atoms with E-state index in [2.05, 4.69) is 35.5 Å². The Bertz CT molecular complexity index is 458. The Hall–Kier alpha value is -1.41. The molecule has 22 heavy (non-hydrogen) atoms. The third kappa shape index (κ3) is 7.04. The van der Waals surface area contributed by atoms with Crippen LogP contribution in [0.3, 0.4) is 0 Å². The first-order chi connectivity index (χ1) is 10.00. The zero-order valence-electron chi connectivity index (χ0n) is 13.2. The number of likely N-dealkylation sites (N-methyl/N-ethyl adjacent to an activating group) is 1. The molecule has 1 aromatic rings. The van der Waals surface area contributed by atoms with E-state index in [0.717, 1.165) is 18.8 Å². The third-order valence-corrected chi connectivity index (χ3v) is 2.99. The SMILES string of the molecule is CN(Cc1ncc(OC(F)(F)F)cn1)C(CO)CC(C)(C)C. The molecule has 1 heterocycles. The van der Waals surface area contributed by atoms with E-state index in [1.165, 1.54) is 0 Å². The van der Waals surface area contributed by atoms with Gasteiger partial charge in [-0.05, 0) is 18.9 Å². The average Bonchev–Trinajstić information content (AvgIpc) is 2.35. The molecule has 0 saturated carbocycles. The molecule has 8 heteroatoms. The Morgan fingerprint density at radius 1 is 1.23 bits per heavy atom. The average molecular weight is 321 g/mol. The highest BCUT2D eigenvalue weighted by molar-refractivity contribution is 5.12. The van der Waals surface area contributed by atoms with Crippen molar-refractivity contribution >= 4 is 0 Å². The maximum atomic E-state index is 12.0. The van der Waals surface area contributed by atoms with Crippen LogP contribution in [0.5, 0.6) is 5.75 Å². The van der Waals surface area contributed by atoms with Gasteiger partial charge in [0.2, 0.25) is 0 Å². The fourth-order valence-corrected chi connectivity index (χ4v) is 2.03. The fourth-order valence-electron chi connectivity index (χ4n) is 2.03. The molecule has 1 atom stereocenters. The van der Waals surface area contributed by atoms with Gasteiger partial charge in [0, 0.05) is 6.04 Å². The highest BCUT2D eigenvalue weighted by Crippen LogP contribution is 2.24. The molecule has 0 fully saturated rings. The van der Waals surface area contributed by atoms with Crippen molar-refractivity contribution in [3.63, 3.8) is 0 Å². The number of nitrogens with zero attached hydrogens (tertiary/aromatic N) is 3. The topological polar surface area (TPSA) is 58.5 Å². The molecule has 1 unspecified atom stereocenters. The zero-order chi connectivity index (χ0) is 17.0. The molecular formula is C14H22F3N3O2. The van der Waals surface area contributed by atoms with Crippen LogP contribution in [0, 0.1) is 5.41 Å². The molecule has 0 aliphatic rings. The molecule has 126 valence electrons. The number of rotatable bonds is 6. The third-order valence-electron chi connectivity index (χ3n) is 2.99. The maximum absolute atomic E-state index is 12.0. The lowest BCUT2D eigenvalue weighted by Gasteiger charge is -2.31. The predicted octanol–water partition coefficient (Wildman–Crippen LogP) is 2.60. The van der Waals surface area contributed by atoms with E-state index < -0.39 is 12.1 Å². The largest absolute Gasteiger partial charge is 0.573 e. The van der Waals surface area contributed by atoms with Gasteiger partial charge in [-0.15, -0.1) is 13.2 Å². The first-order valence-electron chi connectivity index (χ1n) is 6.88. The van der Waals surface area contributed by atoms with Crippen LogP contribution in [0.25, 0.3) is 0 Å². The minimum absolute atomic E-state index is 0.0109. The molecule has 1 N–H and O–H groups in total. The minimum atomic E-state index is -4.75. The van der Waals surface area contributed by atoms with Crippen molar-refractivity contribution in [2.24, 2.45) is 5.41 Å². The van der Waals surface area contributed by atoms with Crippen molar-refractivity contribution in [1.82, 2.24) is 14.9 Å². The van der Waals surface area contributed by atoms with Crippen LogP contribution >= 0.6 is 0 Å². The Morgan fingerprint density at radius 2 is 1.77 bits per heavy atom. The summed E-state index contributed by atoms with van der Waals surface area (Å²) >= 11 is 0. The van der Waals surface area contributed by atoms with E-state index in [4.69, 9.17) is 0 Å².